The highest BCUT2D eigenvalue weighted by Crippen LogP contribution is 2.21. The van der Waals surface area contributed by atoms with E-state index in [1.807, 2.05) is 0 Å². The summed E-state index contributed by atoms with van der Waals surface area (Å²) in [6.45, 7) is 0.444. The number of nitrogens with zero attached hydrogens (tertiary/aromatic N) is 1. The minimum Gasteiger partial charge on any atom is -0.507 e. The van der Waals surface area contributed by atoms with Crippen LogP contribution in [0.1, 0.15) is 16.8 Å². The van der Waals surface area contributed by atoms with Gasteiger partial charge in [-0.2, -0.15) is 0 Å². The number of carbonyl (C=O) groups excluding carboxylic acids is 1. The number of benzene rings is 1. The molecule has 1 rings (SSSR count). The molecule has 1 aromatic rings. The van der Waals surface area contributed by atoms with E-state index in [1.165, 1.54) is 11.0 Å². The van der Waals surface area contributed by atoms with Crippen LogP contribution in [0, 0.1) is 3.57 Å². The highest BCUT2D eigenvalue weighted by atomic mass is 127. The lowest BCUT2D eigenvalue weighted by Crippen LogP contribution is -2.30. The summed E-state index contributed by atoms with van der Waals surface area (Å²) < 4.78 is 0.895. The van der Waals surface area contributed by atoms with Gasteiger partial charge in [-0.05, 0) is 40.8 Å². The Morgan fingerprint density at radius 3 is 2.82 bits per heavy atom. The van der Waals surface area contributed by atoms with Gasteiger partial charge >= 0.3 is 0 Å². The van der Waals surface area contributed by atoms with Crippen LogP contribution in [0.3, 0.4) is 0 Å². The monoisotopic (exact) mass is 364 g/mol. The number of nitrogens with two attached hydrogens (primary N) is 1. The van der Waals surface area contributed by atoms with Crippen molar-refractivity contribution in [1.82, 2.24) is 4.90 Å². The Morgan fingerprint density at radius 2 is 2.24 bits per heavy atom. The van der Waals surface area contributed by atoms with Crippen LogP contribution in [0.15, 0.2) is 18.2 Å². The van der Waals surface area contributed by atoms with Crippen molar-refractivity contribution in [3.05, 3.63) is 27.3 Å². The van der Waals surface area contributed by atoms with Crippen LogP contribution in [-0.4, -0.2) is 34.5 Å². The molecule has 0 saturated heterocycles. The summed E-state index contributed by atoms with van der Waals surface area (Å²) in [6.07, 6.45) is 0.474. The zero-order valence-corrected chi connectivity index (χ0v) is 12.3. The maximum Gasteiger partial charge on any atom is 0.257 e. The van der Waals surface area contributed by atoms with E-state index < -0.39 is 0 Å². The molecule has 0 saturated carbocycles. The van der Waals surface area contributed by atoms with Gasteiger partial charge in [0.05, 0.1) is 10.6 Å². The number of rotatable bonds is 4. The van der Waals surface area contributed by atoms with Crippen LogP contribution in [0.4, 0.5) is 0 Å². The highest BCUT2D eigenvalue weighted by Gasteiger charge is 2.15. The van der Waals surface area contributed by atoms with Crippen molar-refractivity contribution >= 4 is 45.7 Å². The Balaban J connectivity index is 2.81. The summed E-state index contributed by atoms with van der Waals surface area (Å²) in [5, 5.41) is 9.63. The fourth-order valence-electron chi connectivity index (χ4n) is 1.26. The van der Waals surface area contributed by atoms with Crippen molar-refractivity contribution in [2.24, 2.45) is 5.73 Å². The van der Waals surface area contributed by atoms with E-state index in [0.29, 0.717) is 23.5 Å². The van der Waals surface area contributed by atoms with Gasteiger partial charge in [-0.15, -0.1) is 0 Å². The number of hydrogen-bond donors (Lipinski definition) is 2. The fraction of sp³-hybridized carbons (Fsp3) is 0.273. The lowest BCUT2D eigenvalue weighted by atomic mass is 10.2. The van der Waals surface area contributed by atoms with E-state index in [1.54, 1.807) is 19.2 Å². The largest absolute Gasteiger partial charge is 0.507 e. The summed E-state index contributed by atoms with van der Waals surface area (Å²) in [6, 6.07) is 4.90. The number of carbonyl (C=O) groups is 1. The molecule has 0 unspecified atom stereocenters. The lowest BCUT2D eigenvalue weighted by Gasteiger charge is -2.17. The van der Waals surface area contributed by atoms with Gasteiger partial charge in [-0.3, -0.25) is 4.79 Å². The van der Waals surface area contributed by atoms with Gasteiger partial charge in [0.15, 0.2) is 0 Å². The topological polar surface area (TPSA) is 66.6 Å². The molecule has 0 radical (unpaired) electrons. The summed E-state index contributed by atoms with van der Waals surface area (Å²) in [5.41, 5.74) is 5.67. The molecule has 0 aliphatic heterocycles. The van der Waals surface area contributed by atoms with Crippen LogP contribution in [-0.2, 0) is 0 Å². The second kappa shape index (κ2) is 6.15. The third-order valence-corrected chi connectivity index (χ3v) is 3.10. The number of hydrogen-bond acceptors (Lipinski definition) is 3. The molecule has 1 aromatic carbocycles. The molecule has 3 N–H and O–H groups in total. The molecule has 0 atom stereocenters. The van der Waals surface area contributed by atoms with Crippen molar-refractivity contribution in [3.63, 3.8) is 0 Å². The third-order valence-electron chi connectivity index (χ3n) is 2.23. The number of aromatic hydroxyl groups is 1. The zero-order valence-electron chi connectivity index (χ0n) is 9.31. The Labute approximate surface area is 119 Å². The first-order valence-electron chi connectivity index (χ1n) is 4.94. The maximum absolute atomic E-state index is 12.0. The van der Waals surface area contributed by atoms with Crippen LogP contribution in [0.2, 0.25) is 0 Å². The van der Waals surface area contributed by atoms with E-state index in [2.05, 4.69) is 22.6 Å². The SMILES string of the molecule is CN(CCC(N)=S)C(=O)c1cc(I)ccc1O. The van der Waals surface area contributed by atoms with Crippen LogP contribution < -0.4 is 5.73 Å². The highest BCUT2D eigenvalue weighted by molar-refractivity contribution is 14.1. The second-order valence-corrected chi connectivity index (χ2v) is 5.37. The normalized spacial score (nSPS) is 10.0. The number of halogens is 1. The predicted molar refractivity (Wildman–Crippen MR) is 79.2 cm³/mol. The van der Waals surface area contributed by atoms with Gasteiger partial charge in [-0.25, -0.2) is 0 Å². The molecule has 92 valence electrons. The van der Waals surface area contributed by atoms with Gasteiger partial charge in [0, 0.05) is 23.6 Å². The Kier molecular flexibility index (Phi) is 5.13. The van der Waals surface area contributed by atoms with Crippen LogP contribution >= 0.6 is 34.8 Å². The molecule has 0 aromatic heterocycles. The standard InChI is InChI=1S/C11H13IN2O2S/c1-14(5-4-10(13)17)11(16)8-6-7(12)2-3-9(8)15/h2-3,6,15H,4-5H2,1H3,(H2,13,17). The molecule has 0 spiro atoms. The summed E-state index contributed by atoms with van der Waals surface area (Å²) in [4.78, 5) is 13.9. The second-order valence-electron chi connectivity index (χ2n) is 3.60. The van der Waals surface area contributed by atoms with E-state index >= 15 is 0 Å². The van der Waals surface area contributed by atoms with Crippen LogP contribution in [0.5, 0.6) is 5.75 Å². The summed E-state index contributed by atoms with van der Waals surface area (Å²) in [7, 11) is 1.65. The van der Waals surface area contributed by atoms with Gasteiger partial charge in [0.1, 0.15) is 5.75 Å². The van der Waals surface area contributed by atoms with Gasteiger partial charge in [0.2, 0.25) is 0 Å². The van der Waals surface area contributed by atoms with E-state index in [-0.39, 0.29) is 11.7 Å². The Hall–Kier alpha value is -0.890. The van der Waals surface area contributed by atoms with Crippen molar-refractivity contribution in [3.8, 4) is 5.75 Å². The number of phenolic OH excluding ortho intramolecular Hbond substituents is 1. The Morgan fingerprint density at radius 1 is 1.59 bits per heavy atom. The van der Waals surface area contributed by atoms with Crippen molar-refractivity contribution < 1.29 is 9.90 Å². The van der Waals surface area contributed by atoms with Gasteiger partial charge in [-0.1, -0.05) is 12.2 Å². The van der Waals surface area contributed by atoms with Crippen LogP contribution in [0.25, 0.3) is 0 Å². The minimum atomic E-state index is -0.239. The average Bonchev–Trinajstić information content (AvgIpc) is 2.28. The van der Waals surface area contributed by atoms with E-state index in [4.69, 9.17) is 18.0 Å². The number of thiocarbonyl (C=S) groups is 1. The molecule has 0 bridgehead atoms. The molecular formula is C11H13IN2O2S. The number of phenols is 1. The van der Waals surface area contributed by atoms with Gasteiger partial charge in [0.25, 0.3) is 5.91 Å². The molecule has 0 fully saturated rings. The molecular weight excluding hydrogens is 351 g/mol. The molecule has 4 nitrogen and oxygen atoms in total. The van der Waals surface area contributed by atoms with Crippen molar-refractivity contribution in [2.75, 3.05) is 13.6 Å². The molecule has 0 aliphatic rings. The molecule has 6 heteroatoms. The summed E-state index contributed by atoms with van der Waals surface area (Å²) in [5.74, 6) is -0.255. The lowest BCUT2D eigenvalue weighted by molar-refractivity contribution is 0.0796. The smallest absolute Gasteiger partial charge is 0.257 e. The average molecular weight is 364 g/mol. The summed E-state index contributed by atoms with van der Waals surface area (Å²) >= 11 is 6.84. The van der Waals surface area contributed by atoms with E-state index in [9.17, 15) is 9.90 Å². The molecule has 0 heterocycles. The molecule has 1 amide bonds. The van der Waals surface area contributed by atoms with Crippen molar-refractivity contribution in [1.29, 1.82) is 0 Å². The first-order chi connectivity index (χ1) is 7.91. The van der Waals surface area contributed by atoms with Crippen molar-refractivity contribution in [2.45, 2.75) is 6.42 Å². The zero-order chi connectivity index (χ0) is 13.0. The third kappa shape index (κ3) is 4.12. The van der Waals surface area contributed by atoms with E-state index in [0.717, 1.165) is 3.57 Å². The molecule has 0 aliphatic carbocycles. The first kappa shape index (κ1) is 14.2. The number of amides is 1. The quantitative estimate of drug-likeness (QED) is 0.631. The predicted octanol–water partition coefficient (Wildman–Crippen LogP) is 1.75. The molecule has 17 heavy (non-hydrogen) atoms. The van der Waals surface area contributed by atoms with Gasteiger partial charge < -0.3 is 15.7 Å². The maximum atomic E-state index is 12.0. The minimum absolute atomic E-state index is 0.0161. The first-order valence-corrected chi connectivity index (χ1v) is 6.43. The Bertz CT molecular complexity index is 451. The fourth-order valence-corrected chi connectivity index (χ4v) is 1.85.